The summed E-state index contributed by atoms with van der Waals surface area (Å²) < 4.78 is 12.4. The van der Waals surface area contributed by atoms with Gasteiger partial charge in [0.2, 0.25) is 0 Å². The molecule has 1 heterocycles. The molecule has 28 heavy (non-hydrogen) atoms. The molecule has 0 spiro atoms. The number of aromatic nitrogens is 2. The molecule has 146 valence electrons. The number of amides is 1. The van der Waals surface area contributed by atoms with E-state index in [9.17, 15) is 4.79 Å². The van der Waals surface area contributed by atoms with E-state index in [0.29, 0.717) is 22.8 Å². The minimum atomic E-state index is -0.203. The Labute approximate surface area is 165 Å². The molecule has 0 fully saturated rings. The fraction of sp³-hybridized carbons (Fsp3) is 0.273. The zero-order valence-corrected chi connectivity index (χ0v) is 16.8. The molecule has 1 N–H and O–H groups in total. The van der Waals surface area contributed by atoms with Crippen LogP contribution >= 0.6 is 0 Å². The lowest BCUT2D eigenvalue weighted by atomic mass is 10.1. The molecule has 0 aliphatic heterocycles. The molecule has 0 radical (unpaired) electrons. The van der Waals surface area contributed by atoms with Crippen molar-refractivity contribution in [1.82, 2.24) is 15.1 Å². The number of nitrogens with zero attached hydrogens (tertiary/aromatic N) is 2. The Kier molecular flexibility index (Phi) is 5.68. The molecule has 6 heteroatoms. The number of aryl methyl sites for hydroxylation is 1. The van der Waals surface area contributed by atoms with Crippen LogP contribution in [-0.2, 0) is 0 Å². The average molecular weight is 379 g/mol. The maximum atomic E-state index is 13.0. The van der Waals surface area contributed by atoms with Gasteiger partial charge in [0.25, 0.3) is 5.91 Å². The molecule has 0 bridgehead atoms. The maximum Gasteiger partial charge on any atom is 0.255 e. The summed E-state index contributed by atoms with van der Waals surface area (Å²) in [6.45, 7) is 5.69. The van der Waals surface area contributed by atoms with Gasteiger partial charge in [-0.25, -0.2) is 4.68 Å². The molecule has 6 nitrogen and oxygen atoms in total. The maximum absolute atomic E-state index is 13.0. The summed E-state index contributed by atoms with van der Waals surface area (Å²) in [5, 5.41) is 7.61. The van der Waals surface area contributed by atoms with Crippen LogP contribution < -0.4 is 14.8 Å². The van der Waals surface area contributed by atoms with Gasteiger partial charge in [0.05, 0.1) is 42.9 Å². The first kappa shape index (κ1) is 19.5. The highest BCUT2D eigenvalue weighted by Crippen LogP contribution is 2.30. The summed E-state index contributed by atoms with van der Waals surface area (Å²) in [5.74, 6) is 1.13. The highest BCUT2D eigenvalue weighted by atomic mass is 16.5. The van der Waals surface area contributed by atoms with E-state index in [4.69, 9.17) is 9.47 Å². The van der Waals surface area contributed by atoms with Crippen molar-refractivity contribution in [3.63, 3.8) is 0 Å². The van der Waals surface area contributed by atoms with E-state index in [1.807, 2.05) is 69.3 Å². The molecule has 0 aliphatic carbocycles. The Hall–Kier alpha value is -3.28. The minimum Gasteiger partial charge on any atom is -0.493 e. The van der Waals surface area contributed by atoms with Gasteiger partial charge >= 0.3 is 0 Å². The van der Waals surface area contributed by atoms with Crippen molar-refractivity contribution in [2.24, 2.45) is 0 Å². The topological polar surface area (TPSA) is 65.4 Å². The number of hydrogen-bond acceptors (Lipinski definition) is 4. The molecule has 3 rings (SSSR count). The average Bonchev–Trinajstić information content (AvgIpc) is 3.02. The molecule has 2 aromatic carbocycles. The summed E-state index contributed by atoms with van der Waals surface area (Å²) in [4.78, 5) is 13.0. The number of hydrogen-bond donors (Lipinski definition) is 1. The monoisotopic (exact) mass is 379 g/mol. The Balaban J connectivity index is 1.84. The van der Waals surface area contributed by atoms with Crippen LogP contribution in [0.4, 0.5) is 0 Å². The van der Waals surface area contributed by atoms with Crippen molar-refractivity contribution in [3.8, 4) is 17.2 Å². The van der Waals surface area contributed by atoms with Gasteiger partial charge in [0.1, 0.15) is 0 Å². The zero-order valence-electron chi connectivity index (χ0n) is 16.8. The van der Waals surface area contributed by atoms with Crippen LogP contribution in [0.1, 0.15) is 40.3 Å². The minimum absolute atomic E-state index is 0.153. The second-order valence-electron chi connectivity index (χ2n) is 6.60. The lowest BCUT2D eigenvalue weighted by Crippen LogP contribution is -2.27. The van der Waals surface area contributed by atoms with Gasteiger partial charge in [-0.2, -0.15) is 5.10 Å². The van der Waals surface area contributed by atoms with Gasteiger partial charge < -0.3 is 14.8 Å². The number of rotatable bonds is 6. The number of carbonyl (C=O) groups excluding carboxylic acids is 1. The van der Waals surface area contributed by atoms with Crippen LogP contribution in [0.3, 0.4) is 0 Å². The lowest BCUT2D eigenvalue weighted by Gasteiger charge is -2.17. The number of methoxy groups -OCH3 is 2. The van der Waals surface area contributed by atoms with Gasteiger partial charge in [0, 0.05) is 0 Å². The van der Waals surface area contributed by atoms with E-state index in [-0.39, 0.29) is 11.9 Å². The van der Waals surface area contributed by atoms with Crippen LogP contribution in [0.25, 0.3) is 5.69 Å². The third-order valence-electron chi connectivity index (χ3n) is 4.77. The first-order chi connectivity index (χ1) is 13.5. The smallest absolute Gasteiger partial charge is 0.255 e. The second kappa shape index (κ2) is 8.17. The first-order valence-corrected chi connectivity index (χ1v) is 9.10. The van der Waals surface area contributed by atoms with Crippen molar-refractivity contribution >= 4 is 5.91 Å². The third-order valence-corrected chi connectivity index (χ3v) is 4.77. The molecule has 1 unspecified atom stereocenters. The van der Waals surface area contributed by atoms with E-state index < -0.39 is 0 Å². The quantitative estimate of drug-likeness (QED) is 0.703. The normalized spacial score (nSPS) is 11.8. The van der Waals surface area contributed by atoms with Gasteiger partial charge in [0.15, 0.2) is 11.5 Å². The van der Waals surface area contributed by atoms with E-state index in [1.165, 1.54) is 0 Å². The molecular formula is C22H25N3O3. The summed E-state index contributed by atoms with van der Waals surface area (Å²) in [6, 6.07) is 15.2. The second-order valence-corrected chi connectivity index (χ2v) is 6.60. The van der Waals surface area contributed by atoms with E-state index in [0.717, 1.165) is 16.9 Å². The van der Waals surface area contributed by atoms with Gasteiger partial charge in [-0.05, 0) is 50.6 Å². The molecule has 1 amide bonds. The Morgan fingerprint density at radius 2 is 1.71 bits per heavy atom. The summed E-state index contributed by atoms with van der Waals surface area (Å²) >= 11 is 0. The summed E-state index contributed by atoms with van der Waals surface area (Å²) in [6.07, 6.45) is 0. The van der Waals surface area contributed by atoms with Crippen LogP contribution in [0.5, 0.6) is 11.5 Å². The fourth-order valence-electron chi connectivity index (χ4n) is 3.27. The Morgan fingerprint density at radius 3 is 2.36 bits per heavy atom. The third kappa shape index (κ3) is 3.71. The van der Waals surface area contributed by atoms with Crippen LogP contribution in [0, 0.1) is 13.8 Å². The van der Waals surface area contributed by atoms with Crippen LogP contribution in [0.15, 0.2) is 48.5 Å². The van der Waals surface area contributed by atoms with Crippen molar-refractivity contribution in [3.05, 3.63) is 71.0 Å². The molecule has 0 aliphatic rings. The van der Waals surface area contributed by atoms with Crippen molar-refractivity contribution in [2.45, 2.75) is 26.8 Å². The van der Waals surface area contributed by atoms with Gasteiger partial charge in [-0.3, -0.25) is 4.79 Å². The predicted molar refractivity (Wildman–Crippen MR) is 108 cm³/mol. The van der Waals surface area contributed by atoms with Gasteiger partial charge in [-0.15, -0.1) is 0 Å². The number of para-hydroxylation sites is 1. The summed E-state index contributed by atoms with van der Waals surface area (Å²) in [5.41, 5.74) is 3.95. The predicted octanol–water partition coefficient (Wildman–Crippen LogP) is 4.00. The fourth-order valence-corrected chi connectivity index (χ4v) is 3.27. The highest BCUT2D eigenvalue weighted by Gasteiger charge is 2.21. The standard InChI is InChI=1S/C22H25N3O3/c1-14(17-11-12-19(27-4)20(13-17)28-5)23-22(26)21-15(2)24-25(16(21)3)18-9-7-6-8-10-18/h6-14H,1-5H3,(H,23,26). The number of nitrogens with one attached hydrogen (secondary N) is 1. The van der Waals surface area contributed by atoms with E-state index in [2.05, 4.69) is 10.4 Å². The molecule has 0 saturated carbocycles. The van der Waals surface area contributed by atoms with E-state index in [1.54, 1.807) is 18.9 Å². The Bertz CT molecular complexity index is 980. The highest BCUT2D eigenvalue weighted by molar-refractivity contribution is 5.96. The molecule has 1 aromatic heterocycles. The van der Waals surface area contributed by atoms with Crippen LogP contribution in [-0.4, -0.2) is 29.9 Å². The first-order valence-electron chi connectivity index (χ1n) is 9.10. The van der Waals surface area contributed by atoms with E-state index >= 15 is 0 Å². The SMILES string of the molecule is COc1ccc(C(C)NC(=O)c2c(C)nn(-c3ccccc3)c2C)cc1OC. The molecule has 0 saturated heterocycles. The largest absolute Gasteiger partial charge is 0.493 e. The van der Waals surface area contributed by atoms with Crippen LogP contribution in [0.2, 0.25) is 0 Å². The number of benzene rings is 2. The lowest BCUT2D eigenvalue weighted by molar-refractivity contribution is 0.0938. The molecular weight excluding hydrogens is 354 g/mol. The molecule has 1 atom stereocenters. The number of ether oxygens (including phenoxy) is 2. The Morgan fingerprint density at radius 1 is 1.04 bits per heavy atom. The van der Waals surface area contributed by atoms with Gasteiger partial charge in [-0.1, -0.05) is 24.3 Å². The zero-order chi connectivity index (χ0) is 20.3. The van der Waals surface area contributed by atoms with Crippen molar-refractivity contribution in [2.75, 3.05) is 14.2 Å². The molecule has 3 aromatic rings. The van der Waals surface area contributed by atoms with Crippen molar-refractivity contribution in [1.29, 1.82) is 0 Å². The summed E-state index contributed by atoms with van der Waals surface area (Å²) in [7, 11) is 3.19. The van der Waals surface area contributed by atoms with Crippen molar-refractivity contribution < 1.29 is 14.3 Å². The number of carbonyl (C=O) groups is 1.